The van der Waals surface area contributed by atoms with Gasteiger partial charge in [0, 0.05) is 10.8 Å². The molecule has 0 radical (unpaired) electrons. The molecule has 31 heavy (non-hydrogen) atoms. The molecule has 6 heteroatoms. The van der Waals surface area contributed by atoms with Crippen molar-refractivity contribution in [2.45, 2.75) is 96.9 Å². The van der Waals surface area contributed by atoms with E-state index >= 15 is 4.39 Å². The average Bonchev–Trinajstić information content (AvgIpc) is 3.01. The number of allylic oxidation sites excluding steroid dienone is 4. The van der Waals surface area contributed by atoms with E-state index in [4.69, 9.17) is 16.3 Å². The number of alkyl halides is 1. The van der Waals surface area contributed by atoms with Crippen LogP contribution in [0.1, 0.15) is 79.1 Å². The van der Waals surface area contributed by atoms with Gasteiger partial charge in [-0.05, 0) is 81.8 Å². The van der Waals surface area contributed by atoms with Gasteiger partial charge in [-0.2, -0.15) is 0 Å². The summed E-state index contributed by atoms with van der Waals surface area (Å²) in [4.78, 5) is 24.9. The van der Waals surface area contributed by atoms with Crippen LogP contribution in [0.5, 0.6) is 0 Å². The fourth-order valence-electron chi connectivity index (χ4n) is 7.22. The van der Waals surface area contributed by atoms with Crippen LogP contribution in [0.4, 0.5) is 4.39 Å². The van der Waals surface area contributed by atoms with Crippen molar-refractivity contribution in [3.8, 4) is 0 Å². The first-order valence-corrected chi connectivity index (χ1v) is 12.1. The average molecular weight is 453 g/mol. The standard InChI is InChI=1S/C25H34ClFO4/c1-5-15-13-24(4)18(21(26)22(15)30)7-6-17-16-8-9-19(31-20(29)12-14(2)28)23(16,3)10-11-25(17,24)27/h13-14,16-17,19,28H,5-12H2,1-4H3/t14?,16-,17-,19+,23-,24-,25+/m0/s1. The minimum absolute atomic E-state index is 0.0168. The van der Waals surface area contributed by atoms with Crippen LogP contribution >= 0.6 is 11.6 Å². The van der Waals surface area contributed by atoms with Crippen LogP contribution in [0, 0.1) is 22.7 Å². The fraction of sp³-hybridized carbons (Fsp3) is 0.760. The lowest BCUT2D eigenvalue weighted by atomic mass is 9.46. The van der Waals surface area contributed by atoms with E-state index in [-0.39, 0.29) is 46.6 Å². The smallest absolute Gasteiger partial charge is 0.308 e. The zero-order chi connectivity index (χ0) is 22.8. The molecule has 4 aliphatic carbocycles. The maximum absolute atomic E-state index is 17.1. The number of halogens is 2. The number of rotatable bonds is 4. The molecular weight excluding hydrogens is 419 g/mol. The van der Waals surface area contributed by atoms with Crippen molar-refractivity contribution in [2.75, 3.05) is 0 Å². The minimum atomic E-state index is -1.47. The Morgan fingerprint density at radius 3 is 2.65 bits per heavy atom. The van der Waals surface area contributed by atoms with Gasteiger partial charge < -0.3 is 9.84 Å². The highest BCUT2D eigenvalue weighted by Gasteiger charge is 2.67. The molecule has 0 aromatic heterocycles. The van der Waals surface area contributed by atoms with Gasteiger partial charge >= 0.3 is 5.97 Å². The monoisotopic (exact) mass is 452 g/mol. The Bertz CT molecular complexity index is 864. The maximum atomic E-state index is 17.1. The second kappa shape index (κ2) is 7.69. The summed E-state index contributed by atoms with van der Waals surface area (Å²) in [7, 11) is 0. The molecule has 0 bridgehead atoms. The van der Waals surface area contributed by atoms with Crippen LogP contribution in [-0.2, 0) is 14.3 Å². The number of hydrogen-bond acceptors (Lipinski definition) is 4. The van der Waals surface area contributed by atoms with Gasteiger partial charge in [-0.1, -0.05) is 31.5 Å². The molecule has 172 valence electrons. The van der Waals surface area contributed by atoms with Crippen LogP contribution in [0.15, 0.2) is 22.3 Å². The highest BCUT2D eigenvalue weighted by molar-refractivity contribution is 6.46. The number of Topliss-reactive ketones (excluding diaryl/α,β-unsaturated/α-hetero) is 1. The zero-order valence-electron chi connectivity index (χ0n) is 19.0. The summed E-state index contributed by atoms with van der Waals surface area (Å²) in [5, 5.41) is 9.73. The van der Waals surface area contributed by atoms with Crippen LogP contribution in [0.3, 0.4) is 0 Å². The van der Waals surface area contributed by atoms with Crippen LogP contribution < -0.4 is 0 Å². The minimum Gasteiger partial charge on any atom is -0.462 e. The largest absolute Gasteiger partial charge is 0.462 e. The lowest BCUT2D eigenvalue weighted by Crippen LogP contribution is -2.60. The molecule has 0 spiro atoms. The Hall–Kier alpha value is -1.20. The molecule has 0 heterocycles. The lowest BCUT2D eigenvalue weighted by Gasteiger charge is -2.60. The van der Waals surface area contributed by atoms with Crippen molar-refractivity contribution in [1.82, 2.24) is 0 Å². The summed E-state index contributed by atoms with van der Waals surface area (Å²) < 4.78 is 22.9. The van der Waals surface area contributed by atoms with Gasteiger partial charge in [-0.15, -0.1) is 0 Å². The molecule has 0 aliphatic heterocycles. The Kier molecular flexibility index (Phi) is 5.70. The van der Waals surface area contributed by atoms with E-state index in [0.29, 0.717) is 37.7 Å². The van der Waals surface area contributed by atoms with E-state index < -0.39 is 17.2 Å². The van der Waals surface area contributed by atoms with Crippen LogP contribution in [0.25, 0.3) is 0 Å². The molecule has 3 saturated carbocycles. The molecule has 3 fully saturated rings. The SMILES string of the molecule is CCC1=C[C@@]2(C)C(=C(Cl)C1=O)CC[C@H]1[C@@H]3CC[C@@H](OC(=O)CC(C)O)[C@@]3(C)CC[C@@]12F. The van der Waals surface area contributed by atoms with Gasteiger partial charge in [0.2, 0.25) is 0 Å². The molecule has 4 rings (SSSR count). The summed E-state index contributed by atoms with van der Waals surface area (Å²) in [6.07, 6.45) is 5.26. The summed E-state index contributed by atoms with van der Waals surface area (Å²) >= 11 is 6.50. The molecule has 4 nitrogen and oxygen atoms in total. The number of carbonyl (C=O) groups excluding carboxylic acids is 2. The predicted octanol–water partition coefficient (Wildman–Crippen LogP) is 5.42. The van der Waals surface area contributed by atoms with Gasteiger partial charge in [0.05, 0.1) is 17.6 Å². The van der Waals surface area contributed by atoms with Crippen LogP contribution in [0.2, 0.25) is 0 Å². The Labute approximate surface area is 189 Å². The van der Waals surface area contributed by atoms with Gasteiger partial charge in [0.1, 0.15) is 11.8 Å². The molecule has 1 N–H and O–H groups in total. The number of aliphatic hydroxyl groups excluding tert-OH is 1. The van der Waals surface area contributed by atoms with E-state index in [0.717, 1.165) is 18.4 Å². The summed E-state index contributed by atoms with van der Waals surface area (Å²) in [6.45, 7) is 7.55. The number of esters is 1. The van der Waals surface area contributed by atoms with Gasteiger partial charge in [-0.25, -0.2) is 4.39 Å². The molecule has 0 amide bonds. The first kappa shape index (κ1) is 23.0. The third-order valence-electron chi connectivity index (χ3n) is 8.95. The van der Waals surface area contributed by atoms with E-state index in [1.54, 1.807) is 6.92 Å². The fourth-order valence-corrected chi connectivity index (χ4v) is 7.63. The highest BCUT2D eigenvalue weighted by atomic mass is 35.5. The molecule has 0 saturated heterocycles. The van der Waals surface area contributed by atoms with Crippen molar-refractivity contribution in [2.24, 2.45) is 22.7 Å². The molecule has 0 aromatic rings. The third kappa shape index (κ3) is 3.25. The van der Waals surface area contributed by atoms with Gasteiger partial charge in [-0.3, -0.25) is 9.59 Å². The number of aliphatic hydroxyl groups is 1. The van der Waals surface area contributed by atoms with E-state index in [1.807, 2.05) is 19.9 Å². The number of fused-ring (bicyclic) bond motifs is 5. The van der Waals surface area contributed by atoms with Gasteiger partial charge in [0.15, 0.2) is 5.78 Å². The number of ketones is 1. The number of carbonyl (C=O) groups is 2. The zero-order valence-corrected chi connectivity index (χ0v) is 19.7. The Morgan fingerprint density at radius 1 is 1.29 bits per heavy atom. The molecular formula is C25H34ClFO4. The number of hydrogen-bond donors (Lipinski definition) is 1. The van der Waals surface area contributed by atoms with E-state index in [2.05, 4.69) is 6.92 Å². The van der Waals surface area contributed by atoms with Crippen molar-refractivity contribution in [3.05, 3.63) is 22.3 Å². The summed E-state index contributed by atoms with van der Waals surface area (Å²) in [5.41, 5.74) is -1.23. The molecule has 1 unspecified atom stereocenters. The van der Waals surface area contributed by atoms with Crippen molar-refractivity contribution >= 4 is 23.4 Å². The van der Waals surface area contributed by atoms with E-state index in [9.17, 15) is 14.7 Å². The van der Waals surface area contributed by atoms with Gasteiger partial charge in [0.25, 0.3) is 0 Å². The highest BCUT2D eigenvalue weighted by Crippen LogP contribution is 2.68. The second-order valence-corrected chi connectivity index (χ2v) is 11.0. The van der Waals surface area contributed by atoms with Crippen LogP contribution in [-0.4, -0.2) is 34.7 Å². The topological polar surface area (TPSA) is 63.6 Å². The predicted molar refractivity (Wildman–Crippen MR) is 117 cm³/mol. The molecule has 7 atom stereocenters. The lowest BCUT2D eigenvalue weighted by molar-refractivity contribution is -0.169. The Morgan fingerprint density at radius 2 is 2.00 bits per heavy atom. The molecule has 0 aromatic carbocycles. The van der Waals surface area contributed by atoms with Crippen molar-refractivity contribution in [1.29, 1.82) is 0 Å². The first-order valence-electron chi connectivity index (χ1n) is 11.7. The summed E-state index contributed by atoms with van der Waals surface area (Å²) in [5.74, 6) is -0.575. The first-order chi connectivity index (χ1) is 14.5. The third-order valence-corrected chi connectivity index (χ3v) is 9.35. The quantitative estimate of drug-likeness (QED) is 0.579. The Balaban J connectivity index is 1.65. The molecule has 4 aliphatic rings. The normalized spacial score (nSPS) is 43.0. The maximum Gasteiger partial charge on any atom is 0.308 e. The van der Waals surface area contributed by atoms with E-state index in [1.165, 1.54) is 0 Å². The second-order valence-electron chi connectivity index (χ2n) is 10.6. The number of ether oxygens (including phenoxy) is 1. The van der Waals surface area contributed by atoms with Crippen molar-refractivity contribution in [3.63, 3.8) is 0 Å². The van der Waals surface area contributed by atoms with Crippen molar-refractivity contribution < 1.29 is 23.8 Å². The summed E-state index contributed by atoms with van der Waals surface area (Å²) in [6, 6.07) is 0.